The number of nitrogens with one attached hydrogen (secondary N) is 1. The van der Waals surface area contributed by atoms with Crippen molar-refractivity contribution in [3.05, 3.63) is 35.4 Å². The summed E-state index contributed by atoms with van der Waals surface area (Å²) in [5.41, 5.74) is 0.841. The Morgan fingerprint density at radius 2 is 1.75 bits per heavy atom. The minimum Gasteiger partial charge on any atom is -0.316 e. The number of hydrogen-bond donors (Lipinski definition) is 1. The topological polar surface area (TPSA) is 12.0 Å². The predicted molar refractivity (Wildman–Crippen MR) is 78.8 cm³/mol. The number of benzene rings is 1. The number of halogens is 2. The van der Waals surface area contributed by atoms with E-state index in [0.29, 0.717) is 11.0 Å². The maximum absolute atomic E-state index is 14.2. The second-order valence-electron chi connectivity index (χ2n) is 6.25. The second-order valence-corrected chi connectivity index (χ2v) is 6.25. The van der Waals surface area contributed by atoms with Crippen molar-refractivity contribution < 1.29 is 8.78 Å². The van der Waals surface area contributed by atoms with Gasteiger partial charge in [-0.3, -0.25) is 0 Å². The van der Waals surface area contributed by atoms with Crippen molar-refractivity contribution >= 4 is 0 Å². The van der Waals surface area contributed by atoms with Gasteiger partial charge in [-0.05, 0) is 36.4 Å². The normalized spacial score (nSPS) is 19.6. The maximum Gasteiger partial charge on any atom is 0.129 e. The van der Waals surface area contributed by atoms with E-state index in [4.69, 9.17) is 0 Å². The van der Waals surface area contributed by atoms with Crippen LogP contribution < -0.4 is 5.32 Å². The van der Waals surface area contributed by atoms with Crippen LogP contribution in [0.4, 0.5) is 8.78 Å². The first-order valence-electron chi connectivity index (χ1n) is 7.67. The SMILES string of the molecule is CCNCC1(c2ccc(F)cc2F)CC(CC)(CC)C1. The van der Waals surface area contributed by atoms with Crippen LogP contribution in [0.15, 0.2) is 18.2 Å². The summed E-state index contributed by atoms with van der Waals surface area (Å²) in [6.07, 6.45) is 4.23. The Bertz CT molecular complexity index is 458. The molecule has 0 aromatic heterocycles. The quantitative estimate of drug-likeness (QED) is 0.814. The molecule has 0 amide bonds. The van der Waals surface area contributed by atoms with E-state index in [1.807, 2.05) is 0 Å². The van der Waals surface area contributed by atoms with Gasteiger partial charge in [0.15, 0.2) is 0 Å². The Balaban J connectivity index is 2.30. The van der Waals surface area contributed by atoms with E-state index in [0.717, 1.165) is 44.8 Å². The van der Waals surface area contributed by atoms with E-state index < -0.39 is 11.6 Å². The van der Waals surface area contributed by atoms with Crippen molar-refractivity contribution in [1.82, 2.24) is 5.32 Å². The molecule has 1 aliphatic carbocycles. The molecule has 112 valence electrons. The minimum atomic E-state index is -0.499. The first-order chi connectivity index (χ1) is 9.51. The maximum atomic E-state index is 14.2. The Labute approximate surface area is 120 Å². The van der Waals surface area contributed by atoms with Crippen LogP contribution in [0.5, 0.6) is 0 Å². The zero-order valence-corrected chi connectivity index (χ0v) is 12.7. The lowest BCUT2D eigenvalue weighted by atomic mass is 9.48. The van der Waals surface area contributed by atoms with Gasteiger partial charge in [0.05, 0.1) is 0 Å². The first-order valence-corrected chi connectivity index (χ1v) is 7.67. The Kier molecular flexibility index (Phi) is 4.48. The molecule has 1 N–H and O–H groups in total. The van der Waals surface area contributed by atoms with Gasteiger partial charge in [-0.1, -0.05) is 39.7 Å². The monoisotopic (exact) mass is 281 g/mol. The highest BCUT2D eigenvalue weighted by atomic mass is 19.1. The molecule has 1 fully saturated rings. The smallest absolute Gasteiger partial charge is 0.129 e. The van der Waals surface area contributed by atoms with Crippen LogP contribution >= 0.6 is 0 Å². The van der Waals surface area contributed by atoms with Crippen molar-refractivity contribution in [2.24, 2.45) is 5.41 Å². The largest absolute Gasteiger partial charge is 0.316 e. The summed E-state index contributed by atoms with van der Waals surface area (Å²) < 4.78 is 27.3. The highest BCUT2D eigenvalue weighted by Gasteiger charge is 2.53. The molecule has 0 aliphatic heterocycles. The number of rotatable bonds is 6. The summed E-state index contributed by atoms with van der Waals surface area (Å²) >= 11 is 0. The molecule has 0 spiro atoms. The van der Waals surface area contributed by atoms with E-state index >= 15 is 0 Å². The molecule has 2 rings (SSSR count). The zero-order chi connectivity index (χ0) is 14.8. The Morgan fingerprint density at radius 3 is 2.25 bits per heavy atom. The summed E-state index contributed by atoms with van der Waals surface area (Å²) in [7, 11) is 0. The van der Waals surface area contributed by atoms with Gasteiger partial charge in [0.25, 0.3) is 0 Å². The lowest BCUT2D eigenvalue weighted by Crippen LogP contribution is -2.54. The molecular weight excluding hydrogens is 256 g/mol. The molecule has 0 saturated heterocycles. The van der Waals surface area contributed by atoms with E-state index in [1.54, 1.807) is 6.07 Å². The third kappa shape index (κ3) is 2.60. The van der Waals surface area contributed by atoms with Crippen molar-refractivity contribution in [2.45, 2.75) is 51.9 Å². The average Bonchev–Trinajstić information content (AvgIpc) is 2.39. The van der Waals surface area contributed by atoms with Gasteiger partial charge in [-0.2, -0.15) is 0 Å². The average molecular weight is 281 g/mol. The molecule has 0 atom stereocenters. The molecule has 1 aromatic rings. The van der Waals surface area contributed by atoms with Crippen molar-refractivity contribution in [1.29, 1.82) is 0 Å². The fourth-order valence-electron chi connectivity index (χ4n) is 3.83. The van der Waals surface area contributed by atoms with Crippen molar-refractivity contribution in [3.63, 3.8) is 0 Å². The molecule has 1 aliphatic rings. The van der Waals surface area contributed by atoms with Gasteiger partial charge in [0.1, 0.15) is 11.6 Å². The molecule has 1 nitrogen and oxygen atoms in total. The highest BCUT2D eigenvalue weighted by molar-refractivity contribution is 5.33. The fraction of sp³-hybridized carbons (Fsp3) is 0.647. The molecule has 0 bridgehead atoms. The summed E-state index contributed by atoms with van der Waals surface area (Å²) in [5.74, 6) is -0.898. The number of hydrogen-bond acceptors (Lipinski definition) is 1. The van der Waals surface area contributed by atoms with Crippen LogP contribution in [0.2, 0.25) is 0 Å². The molecule has 20 heavy (non-hydrogen) atoms. The summed E-state index contributed by atoms with van der Waals surface area (Å²) in [4.78, 5) is 0. The molecule has 0 unspecified atom stereocenters. The molecular formula is C17H25F2N. The summed E-state index contributed by atoms with van der Waals surface area (Å²) in [6, 6.07) is 4.03. The van der Waals surface area contributed by atoms with Gasteiger partial charge in [-0.15, -0.1) is 0 Å². The Hall–Kier alpha value is -0.960. The first kappa shape index (κ1) is 15.4. The molecule has 3 heteroatoms. The van der Waals surface area contributed by atoms with Gasteiger partial charge < -0.3 is 5.32 Å². The zero-order valence-electron chi connectivity index (χ0n) is 12.7. The van der Waals surface area contributed by atoms with Crippen LogP contribution in [0.25, 0.3) is 0 Å². The van der Waals surface area contributed by atoms with Gasteiger partial charge in [-0.25, -0.2) is 8.78 Å². The lowest BCUT2D eigenvalue weighted by molar-refractivity contribution is 0.0110. The third-order valence-electron chi connectivity index (χ3n) is 5.14. The predicted octanol–water partition coefficient (Wildman–Crippen LogP) is 4.41. The summed E-state index contributed by atoms with van der Waals surface area (Å²) in [5, 5.41) is 3.36. The van der Waals surface area contributed by atoms with Crippen molar-refractivity contribution in [2.75, 3.05) is 13.1 Å². The van der Waals surface area contributed by atoms with E-state index in [-0.39, 0.29) is 5.41 Å². The highest BCUT2D eigenvalue weighted by Crippen LogP contribution is 2.59. The minimum absolute atomic E-state index is 0.167. The van der Waals surface area contributed by atoms with Crippen LogP contribution in [0.1, 0.15) is 52.0 Å². The van der Waals surface area contributed by atoms with Gasteiger partial charge in [0.2, 0.25) is 0 Å². The van der Waals surface area contributed by atoms with Crippen LogP contribution in [0, 0.1) is 17.0 Å². The Morgan fingerprint density at radius 1 is 1.10 bits per heavy atom. The standard InChI is InChI=1S/C17H25F2N/c1-4-16(5-2)10-17(11-16,12-20-6-3)14-8-7-13(18)9-15(14)19/h7-9,20H,4-6,10-12H2,1-3H3. The van der Waals surface area contributed by atoms with E-state index in [9.17, 15) is 8.78 Å². The van der Waals surface area contributed by atoms with E-state index in [1.165, 1.54) is 6.07 Å². The molecule has 1 aromatic carbocycles. The third-order valence-corrected chi connectivity index (χ3v) is 5.14. The van der Waals surface area contributed by atoms with Crippen LogP contribution in [-0.2, 0) is 5.41 Å². The van der Waals surface area contributed by atoms with E-state index in [2.05, 4.69) is 26.1 Å². The van der Waals surface area contributed by atoms with Crippen molar-refractivity contribution in [3.8, 4) is 0 Å². The van der Waals surface area contributed by atoms with Gasteiger partial charge >= 0.3 is 0 Å². The lowest BCUT2D eigenvalue weighted by Gasteiger charge is -2.57. The molecule has 0 radical (unpaired) electrons. The fourth-order valence-corrected chi connectivity index (χ4v) is 3.83. The molecule has 1 saturated carbocycles. The number of likely N-dealkylation sites (N-methyl/N-ethyl adjacent to an activating group) is 1. The van der Waals surface area contributed by atoms with Gasteiger partial charge in [0, 0.05) is 18.0 Å². The second kappa shape index (κ2) is 5.80. The van der Waals surface area contributed by atoms with Crippen LogP contribution in [0.3, 0.4) is 0 Å². The van der Waals surface area contributed by atoms with Crippen LogP contribution in [-0.4, -0.2) is 13.1 Å². The summed E-state index contributed by atoms with van der Waals surface area (Å²) in [6.45, 7) is 8.12. The molecule has 0 heterocycles.